The van der Waals surface area contributed by atoms with Gasteiger partial charge in [-0.2, -0.15) is 0 Å². The van der Waals surface area contributed by atoms with E-state index in [1.807, 2.05) is 0 Å². The molecule has 0 spiro atoms. The first kappa shape index (κ1) is 56.8. The van der Waals surface area contributed by atoms with Crippen LogP contribution in [0, 0.1) is 6.92 Å². The van der Waals surface area contributed by atoms with E-state index in [4.69, 9.17) is 8.83 Å². The van der Waals surface area contributed by atoms with Gasteiger partial charge in [0.05, 0.1) is 11.4 Å². The number of aryl methyl sites for hydroxylation is 1. The van der Waals surface area contributed by atoms with Crippen LogP contribution in [0.4, 0.5) is 34.1 Å². The summed E-state index contributed by atoms with van der Waals surface area (Å²) < 4.78 is 15.1. The van der Waals surface area contributed by atoms with Gasteiger partial charge in [-0.15, -0.1) is 0 Å². The Labute approximate surface area is 570 Å². The first-order valence-electron chi connectivity index (χ1n) is 34.9. The molecular formula is C94H70N2O2. The van der Waals surface area contributed by atoms with E-state index < -0.39 is 0 Å². The van der Waals surface area contributed by atoms with Gasteiger partial charge in [0.25, 0.3) is 0 Å². The third-order valence-electron chi connectivity index (χ3n) is 22.9. The van der Waals surface area contributed by atoms with Gasteiger partial charge in [-0.05, 0) is 257 Å². The van der Waals surface area contributed by atoms with E-state index in [0.29, 0.717) is 0 Å². The van der Waals surface area contributed by atoms with Crippen molar-refractivity contribution in [3.05, 3.63) is 324 Å². The van der Waals surface area contributed by atoms with Crippen molar-refractivity contribution in [2.75, 3.05) is 9.80 Å². The van der Waals surface area contributed by atoms with Crippen LogP contribution in [0.3, 0.4) is 0 Å². The minimum Gasteiger partial charge on any atom is -0.454 e. The SMILES string of the molecule is Cc1ccccc1-c1cccc2c1oc1c(N(c3ccccc3)c3ccc4cc5c(cc4c3)C(C)(C)c3cc4ccccc4cc3-5)ccc(C3CCC(c4cccc5c4oc4c(N(c6ccccc6)c6ccc7cc8c(cc7c6)C(C)(C)c6cc7ccccc7cc6-8)cccc45)C3)c12. The Morgan fingerprint density at radius 1 is 0.296 bits per heavy atom. The number of para-hydroxylation sites is 5. The Bertz CT molecular complexity index is 6200. The average molecular weight is 1260 g/mol. The predicted molar refractivity (Wildman–Crippen MR) is 411 cm³/mol. The summed E-state index contributed by atoms with van der Waals surface area (Å²) in [4.78, 5) is 4.83. The van der Waals surface area contributed by atoms with Gasteiger partial charge in [0.15, 0.2) is 11.2 Å². The molecule has 0 bridgehead atoms. The summed E-state index contributed by atoms with van der Waals surface area (Å²) in [5.74, 6) is 0.524. The van der Waals surface area contributed by atoms with Gasteiger partial charge >= 0.3 is 0 Å². The lowest BCUT2D eigenvalue weighted by atomic mass is 9.81. The predicted octanol–water partition coefficient (Wildman–Crippen LogP) is 26.7. The Hall–Kier alpha value is -11.5. The molecule has 0 amide bonds. The van der Waals surface area contributed by atoms with Gasteiger partial charge in [-0.25, -0.2) is 0 Å². The van der Waals surface area contributed by atoms with Crippen LogP contribution in [0.5, 0.6) is 0 Å². The summed E-state index contributed by atoms with van der Waals surface area (Å²) in [6.07, 6.45) is 3.04. The number of nitrogens with zero attached hydrogens (tertiary/aromatic N) is 2. The first-order chi connectivity index (χ1) is 48.0. The zero-order valence-corrected chi connectivity index (χ0v) is 55.6. The van der Waals surface area contributed by atoms with Crippen molar-refractivity contribution in [3.63, 3.8) is 0 Å². The molecule has 4 nitrogen and oxygen atoms in total. The minimum atomic E-state index is -0.167. The minimum absolute atomic E-state index is 0.152. The summed E-state index contributed by atoms with van der Waals surface area (Å²) in [5.41, 5.74) is 26.7. The van der Waals surface area contributed by atoms with E-state index in [1.165, 1.54) is 115 Å². The molecule has 0 aliphatic heterocycles. The summed E-state index contributed by atoms with van der Waals surface area (Å²) in [7, 11) is 0. The summed E-state index contributed by atoms with van der Waals surface area (Å²) in [6.45, 7) is 11.8. The van der Waals surface area contributed by atoms with E-state index in [-0.39, 0.29) is 22.7 Å². The summed E-state index contributed by atoms with van der Waals surface area (Å²) in [6, 6.07) is 106. The fourth-order valence-corrected chi connectivity index (χ4v) is 18.0. The molecule has 2 atom stereocenters. The van der Waals surface area contributed by atoms with Gasteiger partial charge in [-0.3, -0.25) is 0 Å². The third-order valence-corrected chi connectivity index (χ3v) is 22.9. The zero-order valence-electron chi connectivity index (χ0n) is 55.6. The molecule has 3 aliphatic rings. The second-order valence-corrected chi connectivity index (χ2v) is 29.1. The van der Waals surface area contributed by atoms with Gasteiger partial charge in [0.2, 0.25) is 0 Å². The number of fused-ring (bicyclic) bond motifs is 16. The van der Waals surface area contributed by atoms with Gasteiger partial charge in [0, 0.05) is 60.7 Å². The van der Waals surface area contributed by atoms with Crippen molar-refractivity contribution in [1.82, 2.24) is 0 Å². The fraction of sp³-hybridized carbons (Fsp3) is 0.128. The molecule has 1 fully saturated rings. The number of hydrogen-bond acceptors (Lipinski definition) is 4. The first-order valence-corrected chi connectivity index (χ1v) is 34.9. The molecule has 3 aliphatic carbocycles. The molecule has 4 heteroatoms. The monoisotopic (exact) mass is 1260 g/mol. The highest BCUT2D eigenvalue weighted by molar-refractivity contribution is 6.16. The standard InChI is InChI=1S/C94H70N2O2/c1-56-21-12-17-30-71(56)74-32-19-35-77-88-72(43-44-87(92(88)98-90(74)77)96(68-28-10-7-11-29-68)70-42-40-62-51-81-79-49-58-23-14-16-25-60(58)53-83(79)94(4,5)85(81)55-66(62)47-70)63-37-38-64(45-63)73-31-18-33-75-76-34-20-36-86(91(76)97-89(73)75)95(67-26-8-6-9-27-67)69-41-39-61-50-80-78-48-57-22-13-15-24-59(57)52-82(78)93(2,3)84(80)54-65(61)46-69/h6-36,39-44,46-55,63-64H,37-38,45H2,1-5H3. The van der Waals surface area contributed by atoms with Gasteiger partial charge in [0.1, 0.15) is 11.2 Å². The van der Waals surface area contributed by atoms with Crippen LogP contribution in [0.15, 0.2) is 294 Å². The molecule has 2 aromatic heterocycles. The molecule has 0 radical (unpaired) electrons. The number of furan rings is 2. The lowest BCUT2D eigenvalue weighted by Gasteiger charge is -2.27. The Balaban J connectivity index is 0.693. The molecule has 15 aromatic carbocycles. The maximum Gasteiger partial charge on any atom is 0.159 e. The molecule has 17 aromatic rings. The van der Waals surface area contributed by atoms with E-state index in [9.17, 15) is 0 Å². The molecule has 20 rings (SSSR count). The normalized spacial score (nSPS) is 15.8. The lowest BCUT2D eigenvalue weighted by Crippen LogP contribution is -2.15. The molecule has 1 saturated carbocycles. The second kappa shape index (κ2) is 21.3. The molecule has 98 heavy (non-hydrogen) atoms. The molecule has 2 heterocycles. The molecule has 468 valence electrons. The van der Waals surface area contributed by atoms with Crippen LogP contribution < -0.4 is 9.80 Å². The van der Waals surface area contributed by atoms with E-state index in [1.54, 1.807) is 0 Å². The largest absolute Gasteiger partial charge is 0.454 e. The lowest BCUT2D eigenvalue weighted by molar-refractivity contribution is 0.638. The van der Waals surface area contributed by atoms with Crippen molar-refractivity contribution in [2.45, 2.75) is 76.5 Å². The molecule has 0 saturated heterocycles. The highest BCUT2D eigenvalue weighted by Gasteiger charge is 2.39. The molecule has 2 unspecified atom stereocenters. The van der Waals surface area contributed by atoms with Crippen molar-refractivity contribution in [2.24, 2.45) is 0 Å². The zero-order chi connectivity index (χ0) is 65.3. The fourth-order valence-electron chi connectivity index (χ4n) is 18.0. The van der Waals surface area contributed by atoms with Crippen LogP contribution in [-0.2, 0) is 10.8 Å². The quantitative estimate of drug-likeness (QED) is 0.144. The highest BCUT2D eigenvalue weighted by Crippen LogP contribution is 2.57. The van der Waals surface area contributed by atoms with E-state index in [2.05, 4.69) is 330 Å². The Morgan fingerprint density at radius 2 is 0.724 bits per heavy atom. The van der Waals surface area contributed by atoms with Crippen molar-refractivity contribution in [1.29, 1.82) is 0 Å². The number of anilines is 6. The number of hydrogen-bond donors (Lipinski definition) is 0. The third kappa shape index (κ3) is 8.49. The Morgan fingerprint density at radius 3 is 1.29 bits per heavy atom. The average Bonchev–Trinajstić information content (AvgIpc) is 1.57. The summed E-state index contributed by atoms with van der Waals surface area (Å²) >= 11 is 0. The maximum atomic E-state index is 7.60. The molecular weight excluding hydrogens is 1190 g/mol. The number of benzene rings is 15. The summed E-state index contributed by atoms with van der Waals surface area (Å²) in [5, 5.41) is 14.6. The van der Waals surface area contributed by atoms with Crippen LogP contribution in [0.25, 0.3) is 120 Å². The van der Waals surface area contributed by atoms with Crippen molar-refractivity contribution in [3.8, 4) is 33.4 Å². The van der Waals surface area contributed by atoms with Crippen LogP contribution in [-0.4, -0.2) is 0 Å². The van der Waals surface area contributed by atoms with E-state index >= 15 is 0 Å². The second-order valence-electron chi connectivity index (χ2n) is 29.1. The highest BCUT2D eigenvalue weighted by atomic mass is 16.3. The molecule has 0 N–H and O–H groups in total. The topological polar surface area (TPSA) is 32.8 Å². The maximum absolute atomic E-state index is 7.60. The van der Waals surface area contributed by atoms with E-state index in [0.717, 1.165) is 97.4 Å². The van der Waals surface area contributed by atoms with Crippen molar-refractivity contribution >= 4 is 121 Å². The van der Waals surface area contributed by atoms with Gasteiger partial charge in [-0.1, -0.05) is 204 Å². The number of rotatable bonds is 9. The Kier molecular flexibility index (Phi) is 12.3. The van der Waals surface area contributed by atoms with Crippen molar-refractivity contribution < 1.29 is 8.83 Å². The van der Waals surface area contributed by atoms with Crippen LogP contribution >= 0.6 is 0 Å². The smallest absolute Gasteiger partial charge is 0.159 e. The van der Waals surface area contributed by atoms with Crippen LogP contribution in [0.1, 0.15) is 97.7 Å². The van der Waals surface area contributed by atoms with Gasteiger partial charge < -0.3 is 18.6 Å². The van der Waals surface area contributed by atoms with Crippen LogP contribution in [0.2, 0.25) is 0 Å².